The predicted molar refractivity (Wildman–Crippen MR) is 92.4 cm³/mol. The second kappa shape index (κ2) is 5.59. The molecule has 2 atom stereocenters. The molecule has 4 heterocycles. The molecule has 4 bridgehead atoms. The van der Waals surface area contributed by atoms with Crippen LogP contribution in [0, 0.1) is 17.8 Å². The summed E-state index contributed by atoms with van der Waals surface area (Å²) in [6.45, 7) is 3.70. The van der Waals surface area contributed by atoms with Crippen molar-refractivity contribution in [3.05, 3.63) is 21.9 Å². The standard InChI is InChI=1S/C19H26N2OS/c22-19(12-20-3-1-18-16(11-20)2-4-23-18)21-10-15-6-13-5-14(7-15)9-17(21)8-13/h2,4,13-15,17H,1,3,5-12H2. The highest BCUT2D eigenvalue weighted by atomic mass is 32.1. The van der Waals surface area contributed by atoms with Crippen molar-refractivity contribution in [1.29, 1.82) is 0 Å². The summed E-state index contributed by atoms with van der Waals surface area (Å²) in [6, 6.07) is 2.79. The van der Waals surface area contributed by atoms with Crippen LogP contribution in [-0.2, 0) is 17.8 Å². The van der Waals surface area contributed by atoms with Crippen LogP contribution >= 0.6 is 11.3 Å². The van der Waals surface area contributed by atoms with E-state index in [1.54, 1.807) is 0 Å². The zero-order chi connectivity index (χ0) is 15.4. The Morgan fingerprint density at radius 1 is 1.13 bits per heavy atom. The van der Waals surface area contributed by atoms with Crippen molar-refractivity contribution >= 4 is 17.2 Å². The Morgan fingerprint density at radius 2 is 1.91 bits per heavy atom. The summed E-state index contributed by atoms with van der Waals surface area (Å²) in [5.41, 5.74) is 1.45. The van der Waals surface area contributed by atoms with Gasteiger partial charge in [0.05, 0.1) is 6.54 Å². The first-order valence-corrected chi connectivity index (χ1v) is 10.2. The van der Waals surface area contributed by atoms with Gasteiger partial charge in [-0.2, -0.15) is 0 Å². The lowest BCUT2D eigenvalue weighted by molar-refractivity contribution is -0.135. The molecule has 5 aliphatic rings. The van der Waals surface area contributed by atoms with Crippen molar-refractivity contribution in [2.75, 3.05) is 19.6 Å². The molecule has 2 saturated carbocycles. The van der Waals surface area contributed by atoms with Gasteiger partial charge < -0.3 is 4.90 Å². The summed E-state index contributed by atoms with van der Waals surface area (Å²) in [4.78, 5) is 19.2. The number of fused-ring (bicyclic) bond motifs is 2. The molecule has 2 saturated heterocycles. The van der Waals surface area contributed by atoms with E-state index >= 15 is 0 Å². The fraction of sp³-hybridized carbons (Fsp3) is 0.737. The van der Waals surface area contributed by atoms with Crippen LogP contribution in [0.2, 0.25) is 0 Å². The molecule has 6 rings (SSSR count). The number of amides is 1. The van der Waals surface area contributed by atoms with Gasteiger partial charge in [-0.1, -0.05) is 0 Å². The summed E-state index contributed by atoms with van der Waals surface area (Å²) in [5, 5.41) is 2.19. The molecule has 1 aromatic rings. The van der Waals surface area contributed by atoms with Crippen LogP contribution in [0.4, 0.5) is 0 Å². The zero-order valence-electron chi connectivity index (χ0n) is 13.7. The van der Waals surface area contributed by atoms with Crippen LogP contribution < -0.4 is 0 Å². The lowest BCUT2D eigenvalue weighted by Crippen LogP contribution is -2.47. The molecule has 4 heteroatoms. The van der Waals surface area contributed by atoms with E-state index in [4.69, 9.17) is 0 Å². The van der Waals surface area contributed by atoms with Gasteiger partial charge in [0, 0.05) is 30.6 Å². The number of carbonyl (C=O) groups excluding carboxylic acids is 1. The Bertz CT molecular complexity index is 598. The van der Waals surface area contributed by atoms with Crippen molar-refractivity contribution in [1.82, 2.24) is 9.80 Å². The SMILES string of the molecule is O=C(CN1CCc2sccc2C1)N1CC2CC3CC(C2)CC1C3. The third-order valence-electron chi connectivity index (χ3n) is 6.67. The third-order valence-corrected chi connectivity index (χ3v) is 7.70. The van der Waals surface area contributed by atoms with E-state index in [-0.39, 0.29) is 0 Å². The normalized spacial score (nSPS) is 36.1. The van der Waals surface area contributed by atoms with E-state index in [1.807, 2.05) is 11.3 Å². The molecule has 0 spiro atoms. The molecule has 1 aromatic heterocycles. The smallest absolute Gasteiger partial charge is 0.237 e. The van der Waals surface area contributed by atoms with Gasteiger partial charge in [0.15, 0.2) is 0 Å². The van der Waals surface area contributed by atoms with Crippen LogP contribution in [0.25, 0.3) is 0 Å². The number of rotatable bonds is 2. The van der Waals surface area contributed by atoms with Crippen molar-refractivity contribution < 1.29 is 4.79 Å². The van der Waals surface area contributed by atoms with Crippen molar-refractivity contribution in [2.24, 2.45) is 17.8 Å². The van der Waals surface area contributed by atoms with Crippen LogP contribution in [0.1, 0.15) is 42.5 Å². The van der Waals surface area contributed by atoms with Gasteiger partial charge in [0.2, 0.25) is 5.91 Å². The van der Waals surface area contributed by atoms with Crippen LogP contribution in [0.3, 0.4) is 0 Å². The molecule has 2 aliphatic carbocycles. The summed E-state index contributed by atoms with van der Waals surface area (Å²) >= 11 is 1.87. The largest absolute Gasteiger partial charge is 0.338 e. The first-order valence-electron chi connectivity index (χ1n) is 9.31. The molecule has 0 radical (unpaired) electrons. The molecule has 4 fully saturated rings. The van der Waals surface area contributed by atoms with E-state index in [1.165, 1.54) is 42.5 Å². The van der Waals surface area contributed by atoms with Gasteiger partial charge in [-0.15, -0.1) is 11.3 Å². The zero-order valence-corrected chi connectivity index (χ0v) is 14.6. The molecular formula is C19H26N2OS. The summed E-state index contributed by atoms with van der Waals surface area (Å²) in [6.07, 6.45) is 7.91. The lowest BCUT2D eigenvalue weighted by atomic mass is 9.68. The minimum atomic E-state index is 0.405. The number of carbonyl (C=O) groups is 1. The maximum atomic E-state index is 13.0. The number of thiophene rings is 1. The van der Waals surface area contributed by atoms with Crippen molar-refractivity contribution in [3.8, 4) is 0 Å². The topological polar surface area (TPSA) is 23.6 Å². The molecular weight excluding hydrogens is 304 g/mol. The van der Waals surface area contributed by atoms with Crippen molar-refractivity contribution in [2.45, 2.75) is 51.1 Å². The van der Waals surface area contributed by atoms with E-state index in [0.717, 1.165) is 43.8 Å². The first-order chi connectivity index (χ1) is 11.2. The maximum absolute atomic E-state index is 13.0. The van der Waals surface area contributed by atoms with E-state index < -0.39 is 0 Å². The highest BCUT2D eigenvalue weighted by molar-refractivity contribution is 7.10. The average molecular weight is 330 g/mol. The van der Waals surface area contributed by atoms with Crippen LogP contribution in [-0.4, -0.2) is 41.4 Å². The predicted octanol–water partition coefficient (Wildman–Crippen LogP) is 3.14. The minimum Gasteiger partial charge on any atom is -0.338 e. The summed E-state index contributed by atoms with van der Waals surface area (Å²) < 4.78 is 0. The molecule has 0 N–H and O–H groups in total. The Balaban J connectivity index is 1.28. The number of hydrogen-bond acceptors (Lipinski definition) is 3. The molecule has 2 unspecified atom stereocenters. The lowest BCUT2D eigenvalue weighted by Gasteiger charge is -2.39. The second-order valence-corrected chi connectivity index (χ2v) is 9.31. The van der Waals surface area contributed by atoms with Gasteiger partial charge in [0.1, 0.15) is 0 Å². The fourth-order valence-corrected chi connectivity index (χ4v) is 6.70. The van der Waals surface area contributed by atoms with Crippen LogP contribution in [0.5, 0.6) is 0 Å². The minimum absolute atomic E-state index is 0.405. The number of nitrogens with zero attached hydrogens (tertiary/aromatic N) is 2. The van der Waals surface area contributed by atoms with Gasteiger partial charge in [-0.05, 0) is 73.3 Å². The summed E-state index contributed by atoms with van der Waals surface area (Å²) in [7, 11) is 0. The second-order valence-electron chi connectivity index (χ2n) is 8.31. The Labute approximate surface area is 142 Å². The van der Waals surface area contributed by atoms with Gasteiger partial charge in [0.25, 0.3) is 0 Å². The monoisotopic (exact) mass is 330 g/mol. The van der Waals surface area contributed by atoms with Gasteiger partial charge in [-0.3, -0.25) is 9.69 Å². The quantitative estimate of drug-likeness (QED) is 0.832. The first kappa shape index (κ1) is 14.5. The fourth-order valence-electron chi connectivity index (χ4n) is 5.81. The summed E-state index contributed by atoms with van der Waals surface area (Å²) in [5.74, 6) is 3.03. The Morgan fingerprint density at radius 3 is 2.74 bits per heavy atom. The van der Waals surface area contributed by atoms with E-state index in [0.29, 0.717) is 18.5 Å². The average Bonchev–Trinajstić information content (AvgIpc) is 2.90. The molecule has 0 aromatic carbocycles. The molecule has 23 heavy (non-hydrogen) atoms. The molecule has 3 nitrogen and oxygen atoms in total. The van der Waals surface area contributed by atoms with Crippen molar-refractivity contribution in [3.63, 3.8) is 0 Å². The van der Waals surface area contributed by atoms with E-state index in [9.17, 15) is 4.79 Å². The van der Waals surface area contributed by atoms with Gasteiger partial charge >= 0.3 is 0 Å². The Hall–Kier alpha value is -0.870. The van der Waals surface area contributed by atoms with Gasteiger partial charge in [-0.25, -0.2) is 0 Å². The Kier molecular flexibility index (Phi) is 3.52. The van der Waals surface area contributed by atoms with E-state index in [2.05, 4.69) is 21.2 Å². The molecule has 124 valence electrons. The maximum Gasteiger partial charge on any atom is 0.237 e. The number of hydrogen-bond donors (Lipinski definition) is 0. The van der Waals surface area contributed by atoms with Crippen LogP contribution in [0.15, 0.2) is 11.4 Å². The molecule has 3 aliphatic heterocycles. The third kappa shape index (κ3) is 2.64. The highest BCUT2D eigenvalue weighted by Gasteiger charge is 2.44. The molecule has 1 amide bonds. The highest BCUT2D eigenvalue weighted by Crippen LogP contribution is 2.47.